The number of benzene rings is 2. The molecule has 0 aliphatic heterocycles. The van der Waals surface area contributed by atoms with E-state index in [2.05, 4.69) is 11.1 Å². The van der Waals surface area contributed by atoms with Crippen LogP contribution < -0.4 is 4.74 Å². The molecule has 0 aliphatic rings. The van der Waals surface area contributed by atoms with Crippen molar-refractivity contribution in [2.24, 2.45) is 0 Å². The van der Waals surface area contributed by atoms with Gasteiger partial charge in [0, 0.05) is 0 Å². The first-order chi connectivity index (χ1) is 11.7. The van der Waals surface area contributed by atoms with Gasteiger partial charge in [0.05, 0.1) is 16.8 Å². The summed E-state index contributed by atoms with van der Waals surface area (Å²) in [6, 6.07) is 15.6. The number of nitrogens with zero attached hydrogens (tertiary/aromatic N) is 1. The van der Waals surface area contributed by atoms with Crippen molar-refractivity contribution in [3.63, 3.8) is 0 Å². The van der Waals surface area contributed by atoms with Gasteiger partial charge in [0.25, 0.3) is 0 Å². The summed E-state index contributed by atoms with van der Waals surface area (Å²) in [6.07, 6.45) is 3.96. The first-order valence-electron chi connectivity index (χ1n) is 7.67. The molecule has 5 heteroatoms. The summed E-state index contributed by atoms with van der Waals surface area (Å²) in [5.41, 5.74) is 1.99. The van der Waals surface area contributed by atoms with Crippen LogP contribution in [0.3, 0.4) is 0 Å². The van der Waals surface area contributed by atoms with Crippen LogP contribution in [0, 0.1) is 0 Å². The second-order valence-corrected chi connectivity index (χ2v) is 6.08. The van der Waals surface area contributed by atoms with Gasteiger partial charge in [0.15, 0.2) is 6.61 Å². The van der Waals surface area contributed by atoms with E-state index >= 15 is 0 Å². The fourth-order valence-corrected chi connectivity index (χ4v) is 3.05. The minimum atomic E-state index is -0.368. The molecule has 3 rings (SSSR count). The molecular weight excluding hydrogens is 322 g/mol. The molecule has 0 atom stereocenters. The number of esters is 1. The van der Waals surface area contributed by atoms with Crippen molar-refractivity contribution in [2.45, 2.75) is 6.92 Å². The number of aromatic nitrogens is 1. The molecule has 0 bridgehead atoms. The van der Waals surface area contributed by atoms with Crippen LogP contribution in [-0.4, -0.2) is 24.2 Å². The third kappa shape index (κ3) is 4.20. The molecule has 24 heavy (non-hydrogen) atoms. The molecular formula is C19H17NO3S. The van der Waals surface area contributed by atoms with E-state index in [0.29, 0.717) is 12.4 Å². The fourth-order valence-electron chi connectivity index (χ4n) is 2.18. The molecule has 2 aromatic carbocycles. The number of rotatable bonds is 6. The van der Waals surface area contributed by atoms with Gasteiger partial charge in [-0.05, 0) is 42.8 Å². The van der Waals surface area contributed by atoms with Crippen LogP contribution in [0.15, 0.2) is 48.5 Å². The van der Waals surface area contributed by atoms with Crippen molar-refractivity contribution in [3.05, 3.63) is 59.1 Å². The maximum Gasteiger partial charge on any atom is 0.344 e. The van der Waals surface area contributed by atoms with Gasteiger partial charge in [-0.2, -0.15) is 0 Å². The van der Waals surface area contributed by atoms with E-state index in [4.69, 9.17) is 9.47 Å². The molecule has 1 aromatic heterocycles. The number of hydrogen-bond acceptors (Lipinski definition) is 5. The Morgan fingerprint density at radius 2 is 2.04 bits per heavy atom. The van der Waals surface area contributed by atoms with E-state index in [9.17, 15) is 4.79 Å². The van der Waals surface area contributed by atoms with Gasteiger partial charge in [-0.25, -0.2) is 9.78 Å². The molecule has 1 heterocycles. The number of thiazole rings is 1. The lowest BCUT2D eigenvalue weighted by Crippen LogP contribution is -2.14. The van der Waals surface area contributed by atoms with Crippen molar-refractivity contribution in [1.29, 1.82) is 0 Å². The second-order valence-electron chi connectivity index (χ2n) is 5.02. The first kappa shape index (κ1) is 16.2. The highest BCUT2D eigenvalue weighted by Gasteiger charge is 2.03. The fraction of sp³-hybridized carbons (Fsp3) is 0.158. The van der Waals surface area contributed by atoms with E-state index < -0.39 is 0 Å². The second kappa shape index (κ2) is 7.75. The molecule has 0 unspecified atom stereocenters. The Morgan fingerprint density at radius 1 is 1.17 bits per heavy atom. The smallest absolute Gasteiger partial charge is 0.344 e. The van der Waals surface area contributed by atoms with Crippen LogP contribution in [0.5, 0.6) is 5.75 Å². The SMILES string of the molecule is CCOC(=O)COc1cccc(C=Cc2nc3ccccc3s2)c1. The van der Waals surface area contributed by atoms with Crippen LogP contribution in [0.1, 0.15) is 17.5 Å². The number of carbonyl (C=O) groups is 1. The predicted octanol–water partition coefficient (Wildman–Crippen LogP) is 4.41. The zero-order valence-corrected chi connectivity index (χ0v) is 14.1. The molecule has 4 nitrogen and oxygen atoms in total. The van der Waals surface area contributed by atoms with Crippen molar-refractivity contribution < 1.29 is 14.3 Å². The third-order valence-corrected chi connectivity index (χ3v) is 4.25. The minimum Gasteiger partial charge on any atom is -0.482 e. The molecule has 122 valence electrons. The minimum absolute atomic E-state index is 0.0844. The zero-order chi connectivity index (χ0) is 16.8. The number of hydrogen-bond donors (Lipinski definition) is 0. The van der Waals surface area contributed by atoms with E-state index in [1.54, 1.807) is 18.3 Å². The maximum absolute atomic E-state index is 11.3. The largest absolute Gasteiger partial charge is 0.482 e. The Balaban J connectivity index is 1.68. The van der Waals surface area contributed by atoms with Gasteiger partial charge in [-0.1, -0.05) is 30.3 Å². The number of fused-ring (bicyclic) bond motifs is 1. The van der Waals surface area contributed by atoms with Crippen LogP contribution in [0.4, 0.5) is 0 Å². The monoisotopic (exact) mass is 339 g/mol. The highest BCUT2D eigenvalue weighted by atomic mass is 32.1. The lowest BCUT2D eigenvalue weighted by atomic mass is 10.2. The quantitative estimate of drug-likeness (QED) is 0.624. The topological polar surface area (TPSA) is 48.4 Å². The van der Waals surface area contributed by atoms with E-state index in [1.165, 1.54) is 4.70 Å². The third-order valence-electron chi connectivity index (χ3n) is 3.25. The standard InChI is InChI=1S/C19H17NO3S/c1-2-22-19(21)13-23-15-7-5-6-14(12-15)10-11-18-20-16-8-3-4-9-17(16)24-18/h3-12H,2,13H2,1H3. The Kier molecular flexibility index (Phi) is 5.23. The van der Waals surface area contributed by atoms with Gasteiger partial charge >= 0.3 is 5.97 Å². The number of ether oxygens (including phenoxy) is 2. The Bertz CT molecular complexity index is 837. The summed E-state index contributed by atoms with van der Waals surface area (Å²) in [4.78, 5) is 15.9. The first-order valence-corrected chi connectivity index (χ1v) is 8.48. The van der Waals surface area contributed by atoms with Gasteiger partial charge in [-0.3, -0.25) is 0 Å². The molecule has 0 amide bonds. The van der Waals surface area contributed by atoms with Gasteiger partial charge in [0.2, 0.25) is 0 Å². The average Bonchev–Trinajstić information content (AvgIpc) is 3.02. The molecule has 0 aliphatic carbocycles. The summed E-state index contributed by atoms with van der Waals surface area (Å²) < 4.78 is 11.5. The lowest BCUT2D eigenvalue weighted by molar-refractivity contribution is -0.145. The van der Waals surface area contributed by atoms with E-state index in [1.807, 2.05) is 54.6 Å². The molecule has 0 spiro atoms. The highest BCUT2D eigenvalue weighted by Crippen LogP contribution is 2.23. The summed E-state index contributed by atoms with van der Waals surface area (Å²) in [7, 11) is 0. The van der Waals surface area contributed by atoms with Crippen molar-refractivity contribution in [3.8, 4) is 5.75 Å². The van der Waals surface area contributed by atoms with Gasteiger partial charge < -0.3 is 9.47 Å². The lowest BCUT2D eigenvalue weighted by Gasteiger charge is -2.06. The van der Waals surface area contributed by atoms with E-state index in [0.717, 1.165) is 16.1 Å². The molecule has 0 fully saturated rings. The Labute approximate surface area is 144 Å². The normalized spacial score (nSPS) is 11.0. The zero-order valence-electron chi connectivity index (χ0n) is 13.3. The van der Waals surface area contributed by atoms with Crippen molar-refractivity contribution >= 4 is 39.7 Å². The molecule has 0 saturated heterocycles. The molecule has 0 N–H and O–H groups in total. The summed E-state index contributed by atoms with van der Waals surface area (Å²) in [6.45, 7) is 2.04. The average molecular weight is 339 g/mol. The number of carbonyl (C=O) groups excluding carboxylic acids is 1. The van der Waals surface area contributed by atoms with Crippen LogP contribution >= 0.6 is 11.3 Å². The van der Waals surface area contributed by atoms with Crippen LogP contribution in [-0.2, 0) is 9.53 Å². The Hall–Kier alpha value is -2.66. The summed E-state index contributed by atoms with van der Waals surface area (Å²) in [5.74, 6) is 0.266. The molecule has 0 radical (unpaired) electrons. The van der Waals surface area contributed by atoms with Gasteiger partial charge in [-0.15, -0.1) is 11.3 Å². The number of para-hydroxylation sites is 1. The predicted molar refractivity (Wildman–Crippen MR) is 97.1 cm³/mol. The van der Waals surface area contributed by atoms with Crippen molar-refractivity contribution in [2.75, 3.05) is 13.2 Å². The summed E-state index contributed by atoms with van der Waals surface area (Å²) >= 11 is 1.65. The van der Waals surface area contributed by atoms with Gasteiger partial charge in [0.1, 0.15) is 10.8 Å². The molecule has 0 saturated carbocycles. The van der Waals surface area contributed by atoms with E-state index in [-0.39, 0.29) is 12.6 Å². The highest BCUT2D eigenvalue weighted by molar-refractivity contribution is 7.19. The molecule has 3 aromatic rings. The Morgan fingerprint density at radius 3 is 2.88 bits per heavy atom. The van der Waals surface area contributed by atoms with Crippen LogP contribution in [0.25, 0.3) is 22.4 Å². The summed E-state index contributed by atoms with van der Waals surface area (Å²) in [5, 5.41) is 0.953. The maximum atomic E-state index is 11.3. The van der Waals surface area contributed by atoms with Crippen LogP contribution in [0.2, 0.25) is 0 Å². The van der Waals surface area contributed by atoms with Crippen molar-refractivity contribution in [1.82, 2.24) is 4.98 Å².